The van der Waals surface area contributed by atoms with Crippen LogP contribution in [-0.2, 0) is 53.3 Å². The number of phenolic OH excluding ortho intramolecular Hbond substituents is 3. The summed E-state index contributed by atoms with van der Waals surface area (Å²) in [5.41, 5.74) is 8.93. The van der Waals surface area contributed by atoms with Crippen LogP contribution in [0.4, 0.5) is 34.5 Å². The maximum absolute atomic E-state index is 12.3. The van der Waals surface area contributed by atoms with Gasteiger partial charge in [-0.1, -0.05) is 113 Å². The second kappa shape index (κ2) is 36.1. The van der Waals surface area contributed by atoms with E-state index in [0.29, 0.717) is 123 Å². The predicted octanol–water partition coefficient (Wildman–Crippen LogP) is 9.22. The molecular weight excluding hydrogens is 1450 g/mol. The van der Waals surface area contributed by atoms with Crippen LogP contribution in [0.15, 0.2) is 147 Å². The van der Waals surface area contributed by atoms with Crippen molar-refractivity contribution in [1.29, 1.82) is 0 Å². The van der Waals surface area contributed by atoms with E-state index in [2.05, 4.69) is 79.2 Å². The normalized spacial score (nSPS) is 18.3. The third-order valence-electron chi connectivity index (χ3n) is 22.5. The molecule has 7 aliphatic heterocycles. The number of amides is 3. The molecule has 0 spiro atoms. The number of likely N-dealkylation sites (tertiary alicyclic amines) is 1. The lowest BCUT2D eigenvalue weighted by Gasteiger charge is -2.42. The molecule has 114 heavy (non-hydrogen) atoms. The van der Waals surface area contributed by atoms with Crippen LogP contribution in [0.1, 0.15) is 73.8 Å². The molecule has 5 N–H and O–H groups in total. The van der Waals surface area contributed by atoms with Gasteiger partial charge in [-0.2, -0.15) is 29.9 Å². The number of aliphatic hydroxyl groups excluding tert-OH is 2. The summed E-state index contributed by atoms with van der Waals surface area (Å²) in [6.07, 6.45) is 9.11. The van der Waals surface area contributed by atoms with Crippen molar-refractivity contribution in [2.24, 2.45) is 5.92 Å². The Bertz CT molecular complexity index is 4800. The number of phenols is 3. The van der Waals surface area contributed by atoms with Crippen molar-refractivity contribution in [1.82, 2.24) is 49.5 Å². The number of aromatic hydroxyl groups is 3. The molecule has 598 valence electrons. The quantitative estimate of drug-likeness (QED) is 0.0419. The summed E-state index contributed by atoms with van der Waals surface area (Å²) in [4.78, 5) is 86.6. The number of aromatic nitrogens is 6. The van der Waals surface area contributed by atoms with Crippen molar-refractivity contribution in [3.8, 4) is 35.3 Å². The molecule has 4 saturated heterocycles. The molecule has 0 saturated carbocycles. The number of aliphatic hydroxyl groups is 2. The van der Waals surface area contributed by atoms with Crippen LogP contribution in [-0.4, -0.2) is 243 Å². The molecule has 0 bridgehead atoms. The second-order valence-corrected chi connectivity index (χ2v) is 30.1. The minimum absolute atomic E-state index is 0.0291. The molecule has 10 heterocycles. The zero-order valence-corrected chi connectivity index (χ0v) is 65.5. The number of benzene rings is 6. The van der Waals surface area contributed by atoms with Crippen molar-refractivity contribution >= 4 is 84.6 Å². The Hall–Kier alpha value is -11.6. The predicted molar refractivity (Wildman–Crippen MR) is 443 cm³/mol. The lowest BCUT2D eigenvalue weighted by atomic mass is 10.0. The number of hydrogen-bond acceptors (Lipinski definition) is 24. The maximum atomic E-state index is 12.3. The lowest BCUT2D eigenvalue weighted by molar-refractivity contribution is -0.130. The minimum atomic E-state index is -0.344. The number of ether oxygens (including phenoxy) is 3. The summed E-state index contributed by atoms with van der Waals surface area (Å²) in [7, 11) is 0. The first-order valence-corrected chi connectivity index (χ1v) is 40.0. The van der Waals surface area contributed by atoms with Crippen molar-refractivity contribution in [2.75, 3.05) is 167 Å². The molecule has 3 atom stereocenters. The SMILES string of the molecule is C=CC(=O)N1CCN(c2nc(OCCC)nc3c2CCN(c2cc(O)cc4ccccc24)C3)CC1CO.C=CC(=O)N1CCN(c2nc(OCCC)nc3c2CCN(c2cc(O)cc4ccccc24)C3)CC1CO.C=CC(=O)N1CCN(c2nc(OCCN3CCC(C)C3)nc3c2CCN(c2cc(O)cc4ccccc24)C3)CC1. The Morgan fingerprint density at radius 1 is 0.439 bits per heavy atom. The number of nitrogens with zero attached hydrogens (tertiary/aromatic N) is 16. The van der Waals surface area contributed by atoms with E-state index in [1.165, 1.54) is 24.6 Å². The van der Waals surface area contributed by atoms with Gasteiger partial charge in [-0.15, -0.1) is 0 Å². The Balaban J connectivity index is 0.000000142. The Morgan fingerprint density at radius 3 is 1.17 bits per heavy atom. The first kappa shape index (κ1) is 79.1. The molecule has 7 aliphatic rings. The fourth-order valence-electron chi connectivity index (χ4n) is 16.7. The van der Waals surface area contributed by atoms with Gasteiger partial charge < -0.3 is 83.8 Å². The zero-order valence-electron chi connectivity index (χ0n) is 65.5. The molecule has 27 heteroatoms. The van der Waals surface area contributed by atoms with Gasteiger partial charge in [0.2, 0.25) is 17.7 Å². The fourth-order valence-corrected chi connectivity index (χ4v) is 16.7. The van der Waals surface area contributed by atoms with Crippen LogP contribution >= 0.6 is 0 Å². The maximum Gasteiger partial charge on any atom is 0.318 e. The molecule has 3 unspecified atom stereocenters. The van der Waals surface area contributed by atoms with Crippen LogP contribution in [0, 0.1) is 5.92 Å². The van der Waals surface area contributed by atoms with Crippen LogP contribution in [0.25, 0.3) is 32.3 Å². The van der Waals surface area contributed by atoms with E-state index in [0.717, 1.165) is 178 Å². The summed E-state index contributed by atoms with van der Waals surface area (Å²) >= 11 is 0. The number of carbonyl (C=O) groups is 3. The van der Waals surface area contributed by atoms with Gasteiger partial charge in [0.1, 0.15) is 41.3 Å². The molecule has 0 aliphatic carbocycles. The number of carbonyl (C=O) groups excluding carboxylic acids is 3. The standard InChI is InChI=1S/C31H38N6O3.2C28H33N5O4/c1-3-29(39)35-12-14-36(15-13-35)30-26-9-11-37(28-19-24(38)18-23-6-4-5-7-25(23)28)21-27(26)32-31(33-30)40-17-16-34-10-8-22(2)20-34;2*1-3-13-37-28-29-24-17-31(25-15-21(35)14-19-7-5-6-8-22(19)25)10-9-23(24)27(30-28)32-11-12-33(26(36)4-2)20(16-32)18-34/h3-7,18-19,22,38H,1,8-17,20-21H2,2H3;2*4-8,14-15,20,34-35H,2-3,9-13,16-18H2,1H3. The van der Waals surface area contributed by atoms with Gasteiger partial charge >= 0.3 is 18.0 Å². The number of fused-ring (bicyclic) bond motifs is 6. The van der Waals surface area contributed by atoms with Crippen molar-refractivity contribution in [3.63, 3.8) is 0 Å². The molecule has 9 aromatic rings. The summed E-state index contributed by atoms with van der Waals surface area (Å²) in [5, 5.41) is 57.5. The van der Waals surface area contributed by atoms with Gasteiger partial charge in [0, 0.05) is 166 Å². The smallest absolute Gasteiger partial charge is 0.318 e. The van der Waals surface area contributed by atoms with E-state index >= 15 is 0 Å². The van der Waals surface area contributed by atoms with Crippen molar-refractivity contribution in [3.05, 3.63) is 181 Å². The van der Waals surface area contributed by atoms with E-state index in [4.69, 9.17) is 44.1 Å². The molecule has 6 aromatic carbocycles. The van der Waals surface area contributed by atoms with Crippen LogP contribution < -0.4 is 43.6 Å². The molecule has 3 aromatic heterocycles. The van der Waals surface area contributed by atoms with E-state index in [-0.39, 0.29) is 60.3 Å². The number of rotatable bonds is 21. The Kier molecular flexibility index (Phi) is 25.0. The third-order valence-corrected chi connectivity index (χ3v) is 22.5. The molecular formula is C87H104N16O11. The highest BCUT2D eigenvalue weighted by Gasteiger charge is 2.37. The molecule has 3 amide bonds. The average molecular weight is 1550 g/mol. The van der Waals surface area contributed by atoms with E-state index in [1.54, 1.807) is 28.0 Å². The number of hydrogen-bond donors (Lipinski definition) is 5. The van der Waals surface area contributed by atoms with Gasteiger partial charge in [0.25, 0.3) is 0 Å². The highest BCUT2D eigenvalue weighted by Crippen LogP contribution is 2.41. The highest BCUT2D eigenvalue weighted by molar-refractivity contribution is 5.98. The fraction of sp³-hybridized carbons (Fsp3) is 0.414. The lowest BCUT2D eigenvalue weighted by Crippen LogP contribution is -2.57. The number of anilines is 6. The van der Waals surface area contributed by atoms with Gasteiger partial charge in [0.05, 0.1) is 75.2 Å². The number of piperazine rings is 3. The van der Waals surface area contributed by atoms with E-state index in [9.17, 15) is 39.9 Å². The molecule has 0 radical (unpaired) electrons. The molecule has 4 fully saturated rings. The van der Waals surface area contributed by atoms with Crippen molar-refractivity contribution < 1.29 is 54.1 Å². The van der Waals surface area contributed by atoms with Gasteiger partial charge in [-0.25, -0.2) is 0 Å². The topological polar surface area (TPSA) is 290 Å². The summed E-state index contributed by atoms with van der Waals surface area (Å²) in [5.74, 6) is 3.61. The van der Waals surface area contributed by atoms with E-state index in [1.807, 2.05) is 91.5 Å². The third kappa shape index (κ3) is 17.6. The Morgan fingerprint density at radius 2 is 0.807 bits per heavy atom. The summed E-state index contributed by atoms with van der Waals surface area (Å²) < 4.78 is 17.9. The largest absolute Gasteiger partial charge is 0.508 e. The van der Waals surface area contributed by atoms with Crippen LogP contribution in [0.2, 0.25) is 0 Å². The molecule has 27 nitrogen and oxygen atoms in total. The van der Waals surface area contributed by atoms with Crippen LogP contribution in [0.3, 0.4) is 0 Å². The highest BCUT2D eigenvalue weighted by atomic mass is 16.5. The molecule has 16 rings (SSSR count). The summed E-state index contributed by atoms with van der Waals surface area (Å²) in [6, 6.07) is 35.5. The van der Waals surface area contributed by atoms with Gasteiger partial charge in [-0.05, 0) is 104 Å². The van der Waals surface area contributed by atoms with Gasteiger partial charge in [0.15, 0.2) is 0 Å². The zero-order chi connectivity index (χ0) is 79.5. The van der Waals surface area contributed by atoms with Crippen molar-refractivity contribution in [2.45, 2.75) is 91.0 Å². The monoisotopic (exact) mass is 1550 g/mol. The van der Waals surface area contributed by atoms with Gasteiger partial charge in [-0.3, -0.25) is 19.3 Å². The summed E-state index contributed by atoms with van der Waals surface area (Å²) in [6.45, 7) is 31.3. The second-order valence-electron chi connectivity index (χ2n) is 30.1. The first-order chi connectivity index (χ1) is 55.5. The first-order valence-electron chi connectivity index (χ1n) is 40.0. The van der Waals surface area contributed by atoms with E-state index < -0.39 is 0 Å². The minimum Gasteiger partial charge on any atom is -0.508 e. The van der Waals surface area contributed by atoms with Crippen LogP contribution in [0.5, 0.6) is 35.3 Å². The average Bonchev–Trinajstić information content (AvgIpc) is 0.827. The Labute approximate surface area is 665 Å².